The van der Waals surface area contributed by atoms with Crippen molar-refractivity contribution in [2.24, 2.45) is 0 Å². The first-order chi connectivity index (χ1) is 10.2. The van der Waals surface area contributed by atoms with Crippen LogP contribution in [0, 0.1) is 0 Å². The van der Waals surface area contributed by atoms with E-state index in [2.05, 4.69) is 10.3 Å². The number of aromatic nitrogens is 1. The molecule has 2 rings (SSSR count). The third-order valence-electron chi connectivity index (χ3n) is 2.99. The average molecular weight is 305 g/mol. The topological polar surface area (TPSA) is 65.5 Å². The van der Waals surface area contributed by atoms with E-state index in [9.17, 15) is 4.79 Å². The van der Waals surface area contributed by atoms with Gasteiger partial charge in [0.2, 0.25) is 0 Å². The standard InChI is InChI=1S/C15H19N3O2S/c1-2-13-10-16-14(21-13)17-15(20)18(8-9-19)11-12-6-4-3-5-7-12/h3-7,10,19H,2,8-9,11H2,1H3,(H,16,17,20). The Bertz CT molecular complexity index is 571. The lowest BCUT2D eigenvalue weighted by Gasteiger charge is -2.21. The van der Waals surface area contributed by atoms with Gasteiger partial charge in [-0.1, -0.05) is 37.3 Å². The number of anilines is 1. The number of nitrogens with zero attached hydrogens (tertiary/aromatic N) is 2. The SMILES string of the molecule is CCc1cnc(NC(=O)N(CCO)Cc2ccccc2)s1. The van der Waals surface area contributed by atoms with Crippen LogP contribution in [0.2, 0.25) is 0 Å². The van der Waals surface area contributed by atoms with Gasteiger partial charge in [-0.05, 0) is 12.0 Å². The summed E-state index contributed by atoms with van der Waals surface area (Å²) in [6.45, 7) is 2.72. The molecule has 6 heteroatoms. The van der Waals surface area contributed by atoms with Crippen molar-refractivity contribution in [1.82, 2.24) is 9.88 Å². The van der Waals surface area contributed by atoms with Crippen LogP contribution in [-0.4, -0.2) is 34.2 Å². The van der Waals surface area contributed by atoms with Crippen molar-refractivity contribution in [2.45, 2.75) is 19.9 Å². The number of carbonyl (C=O) groups is 1. The number of urea groups is 1. The maximum Gasteiger partial charge on any atom is 0.324 e. The monoisotopic (exact) mass is 305 g/mol. The molecule has 0 saturated carbocycles. The molecule has 0 aliphatic heterocycles. The summed E-state index contributed by atoms with van der Waals surface area (Å²) < 4.78 is 0. The fourth-order valence-corrected chi connectivity index (χ4v) is 2.62. The number of rotatable bonds is 6. The first-order valence-corrected chi connectivity index (χ1v) is 7.70. The highest BCUT2D eigenvalue weighted by atomic mass is 32.1. The van der Waals surface area contributed by atoms with Gasteiger partial charge in [0, 0.05) is 24.2 Å². The number of hydrogen-bond acceptors (Lipinski definition) is 4. The number of amides is 2. The Labute approximate surface area is 128 Å². The molecule has 0 aliphatic carbocycles. The molecule has 1 heterocycles. The van der Waals surface area contributed by atoms with Crippen molar-refractivity contribution >= 4 is 22.5 Å². The minimum atomic E-state index is -0.245. The highest BCUT2D eigenvalue weighted by Crippen LogP contribution is 2.19. The van der Waals surface area contributed by atoms with Crippen LogP contribution in [0.25, 0.3) is 0 Å². The molecule has 0 fully saturated rings. The molecular weight excluding hydrogens is 286 g/mol. The third-order valence-corrected chi connectivity index (χ3v) is 4.05. The Morgan fingerprint density at radius 2 is 2.14 bits per heavy atom. The summed E-state index contributed by atoms with van der Waals surface area (Å²) >= 11 is 1.47. The van der Waals surface area contributed by atoms with Gasteiger partial charge in [-0.3, -0.25) is 5.32 Å². The lowest BCUT2D eigenvalue weighted by atomic mass is 10.2. The Morgan fingerprint density at radius 1 is 1.38 bits per heavy atom. The second-order valence-corrected chi connectivity index (χ2v) is 5.66. The van der Waals surface area contributed by atoms with Gasteiger partial charge in [0.15, 0.2) is 5.13 Å². The summed E-state index contributed by atoms with van der Waals surface area (Å²) in [5.41, 5.74) is 1.02. The summed E-state index contributed by atoms with van der Waals surface area (Å²) in [6, 6.07) is 9.45. The van der Waals surface area contributed by atoms with Crippen LogP contribution in [0.3, 0.4) is 0 Å². The minimum Gasteiger partial charge on any atom is -0.395 e. The Kier molecular flexibility index (Phi) is 5.71. The lowest BCUT2D eigenvalue weighted by Crippen LogP contribution is -2.36. The van der Waals surface area contributed by atoms with Gasteiger partial charge in [0.1, 0.15) is 0 Å². The molecule has 0 aliphatic rings. The van der Waals surface area contributed by atoms with Crippen molar-refractivity contribution in [1.29, 1.82) is 0 Å². The summed E-state index contributed by atoms with van der Waals surface area (Å²) in [5, 5.41) is 12.5. The first kappa shape index (κ1) is 15.5. The highest BCUT2D eigenvalue weighted by Gasteiger charge is 2.15. The number of nitrogens with one attached hydrogen (secondary N) is 1. The molecule has 112 valence electrons. The molecule has 0 radical (unpaired) electrons. The molecule has 2 amide bonds. The zero-order valence-electron chi connectivity index (χ0n) is 12.0. The maximum atomic E-state index is 12.3. The second-order valence-electron chi connectivity index (χ2n) is 4.55. The molecule has 2 aromatic rings. The average Bonchev–Trinajstić information content (AvgIpc) is 2.95. The second kappa shape index (κ2) is 7.75. The number of thiazole rings is 1. The molecule has 0 unspecified atom stereocenters. The van der Waals surface area contributed by atoms with E-state index in [1.807, 2.05) is 37.3 Å². The molecule has 1 aromatic carbocycles. The largest absolute Gasteiger partial charge is 0.395 e. The van der Waals surface area contributed by atoms with E-state index >= 15 is 0 Å². The summed E-state index contributed by atoms with van der Waals surface area (Å²) in [6.07, 6.45) is 2.67. The first-order valence-electron chi connectivity index (χ1n) is 6.88. The van der Waals surface area contributed by atoms with E-state index < -0.39 is 0 Å². The van der Waals surface area contributed by atoms with Crippen LogP contribution in [0.15, 0.2) is 36.5 Å². The fraction of sp³-hybridized carbons (Fsp3) is 0.333. The van der Waals surface area contributed by atoms with Gasteiger partial charge in [-0.25, -0.2) is 9.78 Å². The summed E-state index contributed by atoms with van der Waals surface area (Å²) in [5.74, 6) is 0. The molecule has 0 atom stereocenters. The number of benzene rings is 1. The molecular formula is C15H19N3O2S. The van der Waals surface area contributed by atoms with Gasteiger partial charge in [-0.15, -0.1) is 11.3 Å². The zero-order valence-corrected chi connectivity index (χ0v) is 12.8. The van der Waals surface area contributed by atoms with Gasteiger partial charge in [-0.2, -0.15) is 0 Å². The van der Waals surface area contributed by atoms with Gasteiger partial charge < -0.3 is 10.0 Å². The Morgan fingerprint density at radius 3 is 2.76 bits per heavy atom. The van der Waals surface area contributed by atoms with Crippen LogP contribution >= 0.6 is 11.3 Å². The highest BCUT2D eigenvalue weighted by molar-refractivity contribution is 7.15. The van der Waals surface area contributed by atoms with E-state index in [0.717, 1.165) is 16.9 Å². The summed E-state index contributed by atoms with van der Waals surface area (Å²) in [4.78, 5) is 19.1. The molecule has 21 heavy (non-hydrogen) atoms. The number of hydrogen-bond donors (Lipinski definition) is 2. The van der Waals surface area contributed by atoms with E-state index in [-0.39, 0.29) is 19.2 Å². The predicted molar refractivity (Wildman–Crippen MR) is 84.4 cm³/mol. The molecule has 1 aromatic heterocycles. The van der Waals surface area contributed by atoms with Crippen LogP contribution in [-0.2, 0) is 13.0 Å². The smallest absolute Gasteiger partial charge is 0.324 e. The molecule has 2 N–H and O–H groups in total. The van der Waals surface area contributed by atoms with Crippen LogP contribution < -0.4 is 5.32 Å². The van der Waals surface area contributed by atoms with Crippen molar-refractivity contribution in [3.8, 4) is 0 Å². The normalized spacial score (nSPS) is 10.4. The van der Waals surface area contributed by atoms with Crippen molar-refractivity contribution < 1.29 is 9.90 Å². The van der Waals surface area contributed by atoms with Gasteiger partial charge >= 0.3 is 6.03 Å². The quantitative estimate of drug-likeness (QED) is 0.862. The number of aryl methyl sites for hydroxylation is 1. The van der Waals surface area contributed by atoms with E-state index in [1.54, 1.807) is 11.1 Å². The molecule has 5 nitrogen and oxygen atoms in total. The number of carbonyl (C=O) groups excluding carboxylic acids is 1. The summed E-state index contributed by atoms with van der Waals surface area (Å²) in [7, 11) is 0. The maximum absolute atomic E-state index is 12.3. The van der Waals surface area contributed by atoms with Crippen LogP contribution in [0.5, 0.6) is 0 Å². The number of aliphatic hydroxyl groups excluding tert-OH is 1. The number of aliphatic hydroxyl groups is 1. The van der Waals surface area contributed by atoms with Gasteiger partial charge in [0.05, 0.1) is 6.61 Å². The van der Waals surface area contributed by atoms with Crippen molar-refractivity contribution in [2.75, 3.05) is 18.5 Å². The van der Waals surface area contributed by atoms with Crippen molar-refractivity contribution in [3.05, 3.63) is 47.0 Å². The van der Waals surface area contributed by atoms with Gasteiger partial charge in [0.25, 0.3) is 0 Å². The Balaban J connectivity index is 2.01. The zero-order chi connectivity index (χ0) is 15.1. The predicted octanol–water partition coefficient (Wildman–Crippen LogP) is 2.73. The van der Waals surface area contributed by atoms with Crippen LogP contribution in [0.4, 0.5) is 9.93 Å². The van der Waals surface area contributed by atoms with E-state index in [1.165, 1.54) is 11.3 Å². The molecule has 0 saturated heterocycles. The third kappa shape index (κ3) is 4.54. The minimum absolute atomic E-state index is 0.0711. The Hall–Kier alpha value is -1.92. The molecule has 0 bridgehead atoms. The fourth-order valence-electron chi connectivity index (χ4n) is 1.88. The van der Waals surface area contributed by atoms with Crippen LogP contribution in [0.1, 0.15) is 17.4 Å². The van der Waals surface area contributed by atoms with E-state index in [4.69, 9.17) is 5.11 Å². The molecule has 0 spiro atoms. The van der Waals surface area contributed by atoms with Crippen molar-refractivity contribution in [3.63, 3.8) is 0 Å². The lowest BCUT2D eigenvalue weighted by molar-refractivity contribution is 0.185. The van der Waals surface area contributed by atoms with E-state index in [0.29, 0.717) is 11.7 Å².